The Bertz CT molecular complexity index is 1360. The molecule has 2 amide bonds. The van der Waals surface area contributed by atoms with Gasteiger partial charge in [0.05, 0.1) is 5.69 Å². The number of hydrogen-bond acceptors (Lipinski definition) is 6. The minimum atomic E-state index is -1.51. The van der Waals surface area contributed by atoms with Crippen molar-refractivity contribution in [3.63, 3.8) is 0 Å². The van der Waals surface area contributed by atoms with Crippen molar-refractivity contribution in [3.8, 4) is 0 Å². The molecular weight excluding hydrogens is 474 g/mol. The van der Waals surface area contributed by atoms with Crippen molar-refractivity contribution < 1.29 is 14.1 Å². The molecule has 1 fully saturated rings. The summed E-state index contributed by atoms with van der Waals surface area (Å²) >= 11 is -1.51. The fourth-order valence-electron chi connectivity index (χ4n) is 4.23. The third-order valence-electron chi connectivity index (χ3n) is 6.09. The molecular formula is C27H25N5O3S. The van der Waals surface area contributed by atoms with Gasteiger partial charge in [0.2, 0.25) is 4.90 Å². The number of carbonyl (C=O) groups is 2. The summed E-state index contributed by atoms with van der Waals surface area (Å²) < 4.78 is 16.0. The molecule has 2 aromatic carbocycles. The summed E-state index contributed by atoms with van der Waals surface area (Å²) in [5.74, 6) is -0.206. The maximum atomic E-state index is 13.1. The summed E-state index contributed by atoms with van der Waals surface area (Å²) in [4.78, 5) is 38.5. The zero-order valence-electron chi connectivity index (χ0n) is 19.5. The highest BCUT2D eigenvalue weighted by atomic mass is 32.2. The van der Waals surface area contributed by atoms with Crippen molar-refractivity contribution in [3.05, 3.63) is 96.4 Å². The van der Waals surface area contributed by atoms with E-state index in [0.717, 1.165) is 5.39 Å². The van der Waals surface area contributed by atoms with Gasteiger partial charge in [-0.3, -0.25) is 19.6 Å². The lowest BCUT2D eigenvalue weighted by Crippen LogP contribution is -2.37. The number of fused-ring (bicyclic) bond motifs is 1. The Kier molecular flexibility index (Phi) is 7.11. The monoisotopic (exact) mass is 499 g/mol. The van der Waals surface area contributed by atoms with Gasteiger partial charge in [-0.1, -0.05) is 24.3 Å². The van der Waals surface area contributed by atoms with E-state index >= 15 is 0 Å². The second kappa shape index (κ2) is 10.8. The Balaban J connectivity index is 1.22. The summed E-state index contributed by atoms with van der Waals surface area (Å²) in [6.45, 7) is 2.06. The van der Waals surface area contributed by atoms with Gasteiger partial charge in [0.15, 0.2) is 0 Å². The lowest BCUT2D eigenvalue weighted by Gasteiger charge is -2.22. The molecule has 1 saturated heterocycles. The predicted molar refractivity (Wildman–Crippen MR) is 139 cm³/mol. The van der Waals surface area contributed by atoms with Crippen molar-refractivity contribution in [1.82, 2.24) is 19.8 Å². The van der Waals surface area contributed by atoms with E-state index in [0.29, 0.717) is 60.0 Å². The minimum Gasteiger partial charge on any atom is -0.588 e. The van der Waals surface area contributed by atoms with Gasteiger partial charge in [-0.25, -0.2) is 4.72 Å². The summed E-state index contributed by atoms with van der Waals surface area (Å²) in [6, 6.07) is 21.6. The minimum absolute atomic E-state index is 0.0898. The maximum absolute atomic E-state index is 13.1. The van der Waals surface area contributed by atoms with Crippen molar-refractivity contribution in [1.29, 1.82) is 0 Å². The van der Waals surface area contributed by atoms with Crippen LogP contribution in [0.2, 0.25) is 0 Å². The fourth-order valence-corrected chi connectivity index (χ4v) is 5.23. The highest BCUT2D eigenvalue weighted by Crippen LogP contribution is 2.23. The number of anilines is 1. The SMILES string of the molecule is O=C(c1ccc(N[S+]([O-])c2cccc3cccnc23)cc1)N1CCCN(C(=O)c2ccccn2)CC1. The molecule has 182 valence electrons. The van der Waals surface area contributed by atoms with Crippen LogP contribution in [0.1, 0.15) is 27.3 Å². The predicted octanol–water partition coefficient (Wildman–Crippen LogP) is 3.75. The van der Waals surface area contributed by atoms with E-state index in [1.165, 1.54) is 0 Å². The van der Waals surface area contributed by atoms with E-state index in [4.69, 9.17) is 0 Å². The molecule has 0 aliphatic carbocycles. The Morgan fingerprint density at radius 1 is 0.778 bits per heavy atom. The number of carbonyl (C=O) groups excluding carboxylic acids is 2. The van der Waals surface area contributed by atoms with E-state index in [1.54, 1.807) is 70.7 Å². The molecule has 1 unspecified atom stereocenters. The van der Waals surface area contributed by atoms with Crippen LogP contribution in [0.5, 0.6) is 0 Å². The summed E-state index contributed by atoms with van der Waals surface area (Å²) in [5.41, 5.74) is 2.29. The second-order valence-electron chi connectivity index (χ2n) is 8.43. The van der Waals surface area contributed by atoms with Crippen molar-refractivity contribution in [2.75, 3.05) is 30.9 Å². The molecule has 0 spiro atoms. The molecule has 1 aliphatic rings. The van der Waals surface area contributed by atoms with Crippen LogP contribution >= 0.6 is 0 Å². The smallest absolute Gasteiger partial charge is 0.272 e. The Morgan fingerprint density at radius 3 is 2.25 bits per heavy atom. The number of amides is 2. The molecule has 0 bridgehead atoms. The number of pyridine rings is 2. The van der Waals surface area contributed by atoms with Crippen LogP contribution in [0.15, 0.2) is 90.1 Å². The quantitative estimate of drug-likeness (QED) is 0.420. The normalized spacial score (nSPS) is 14.8. The number of benzene rings is 2. The van der Waals surface area contributed by atoms with Crippen LogP contribution in [0, 0.1) is 0 Å². The van der Waals surface area contributed by atoms with Crippen LogP contribution in [0.3, 0.4) is 0 Å². The van der Waals surface area contributed by atoms with E-state index in [1.807, 2.05) is 24.3 Å². The van der Waals surface area contributed by atoms with Gasteiger partial charge < -0.3 is 14.4 Å². The fraction of sp³-hybridized carbons (Fsp3) is 0.185. The molecule has 3 heterocycles. The molecule has 8 nitrogen and oxygen atoms in total. The van der Waals surface area contributed by atoms with E-state index in [9.17, 15) is 14.1 Å². The maximum Gasteiger partial charge on any atom is 0.272 e. The van der Waals surface area contributed by atoms with Crippen LogP contribution < -0.4 is 4.72 Å². The molecule has 0 saturated carbocycles. The van der Waals surface area contributed by atoms with Crippen LogP contribution in [0.25, 0.3) is 10.9 Å². The third kappa shape index (κ3) is 5.17. The van der Waals surface area contributed by atoms with Crippen LogP contribution in [-0.4, -0.2) is 62.3 Å². The summed E-state index contributed by atoms with van der Waals surface area (Å²) in [5, 5.41) is 0.920. The van der Waals surface area contributed by atoms with E-state index in [-0.39, 0.29) is 11.8 Å². The average Bonchev–Trinajstić information content (AvgIpc) is 3.19. The average molecular weight is 500 g/mol. The number of hydrogen-bond donors (Lipinski definition) is 1. The van der Waals surface area contributed by atoms with Crippen LogP contribution in [-0.2, 0) is 11.4 Å². The largest absolute Gasteiger partial charge is 0.588 e. The molecule has 1 atom stereocenters. The van der Waals surface area contributed by atoms with E-state index in [2.05, 4.69) is 14.7 Å². The highest BCUT2D eigenvalue weighted by molar-refractivity contribution is 7.93. The zero-order valence-corrected chi connectivity index (χ0v) is 20.4. The molecule has 0 radical (unpaired) electrons. The molecule has 5 rings (SSSR count). The first-order valence-electron chi connectivity index (χ1n) is 11.7. The summed E-state index contributed by atoms with van der Waals surface area (Å²) in [6.07, 6.45) is 3.98. The van der Waals surface area contributed by atoms with Crippen molar-refractivity contribution >= 4 is 39.8 Å². The Labute approximate surface area is 212 Å². The molecule has 1 aliphatic heterocycles. The third-order valence-corrected chi connectivity index (χ3v) is 7.24. The van der Waals surface area contributed by atoms with Gasteiger partial charge in [-0.05, 0) is 55.0 Å². The highest BCUT2D eigenvalue weighted by Gasteiger charge is 2.24. The molecule has 9 heteroatoms. The lowest BCUT2D eigenvalue weighted by atomic mass is 10.2. The Morgan fingerprint density at radius 2 is 1.50 bits per heavy atom. The molecule has 4 aromatic rings. The first kappa shape index (κ1) is 23.8. The van der Waals surface area contributed by atoms with Gasteiger partial charge in [0.25, 0.3) is 11.8 Å². The van der Waals surface area contributed by atoms with Crippen LogP contribution in [0.4, 0.5) is 5.69 Å². The zero-order chi connectivity index (χ0) is 24.9. The van der Waals surface area contributed by atoms with Crippen molar-refractivity contribution in [2.45, 2.75) is 11.3 Å². The van der Waals surface area contributed by atoms with Gasteiger partial charge in [-0.15, -0.1) is 0 Å². The number of nitrogens with zero attached hydrogens (tertiary/aromatic N) is 4. The topological polar surface area (TPSA) is 101 Å². The van der Waals surface area contributed by atoms with Gasteiger partial charge in [-0.2, -0.15) is 0 Å². The first-order valence-corrected chi connectivity index (χ1v) is 12.9. The molecule has 36 heavy (non-hydrogen) atoms. The number of aromatic nitrogens is 2. The Hall–Kier alpha value is -3.95. The second-order valence-corrected chi connectivity index (χ2v) is 9.61. The number of rotatable bonds is 5. The van der Waals surface area contributed by atoms with Gasteiger partial charge >= 0.3 is 0 Å². The first-order chi connectivity index (χ1) is 17.6. The number of nitrogens with one attached hydrogen (secondary N) is 1. The molecule has 1 N–H and O–H groups in total. The summed E-state index contributed by atoms with van der Waals surface area (Å²) in [7, 11) is 0. The van der Waals surface area contributed by atoms with E-state index < -0.39 is 11.4 Å². The van der Waals surface area contributed by atoms with Gasteiger partial charge in [0.1, 0.15) is 22.6 Å². The standard InChI is InChI=1S/C27H25N5O3S/c33-26(31-16-5-17-32(19-18-31)27(34)23-8-1-2-14-28-23)21-10-12-22(13-11-21)30-36(35)24-9-3-6-20-7-4-15-29-25(20)24/h1-4,6-15,30H,5,16-19H2. The van der Waals surface area contributed by atoms with Crippen molar-refractivity contribution in [2.24, 2.45) is 0 Å². The molecule has 2 aromatic heterocycles. The number of para-hydroxylation sites is 1. The van der Waals surface area contributed by atoms with Gasteiger partial charge in [0, 0.05) is 49.5 Å². The lowest BCUT2D eigenvalue weighted by molar-refractivity contribution is 0.0715.